The van der Waals surface area contributed by atoms with Gasteiger partial charge < -0.3 is 4.74 Å². The highest BCUT2D eigenvalue weighted by molar-refractivity contribution is 6.19. The van der Waals surface area contributed by atoms with E-state index in [0.29, 0.717) is 16.7 Å². The van der Waals surface area contributed by atoms with E-state index < -0.39 is 11.6 Å². The Morgan fingerprint density at radius 2 is 1.44 bits per heavy atom. The lowest BCUT2D eigenvalue weighted by atomic mass is 9.93. The summed E-state index contributed by atoms with van der Waals surface area (Å²) in [6.07, 6.45) is 0. The Balaban J connectivity index is 2.20. The van der Waals surface area contributed by atoms with Crippen LogP contribution in [0.5, 0.6) is 0 Å². The Bertz CT molecular complexity index is 934. The van der Waals surface area contributed by atoms with Gasteiger partial charge in [0.05, 0.1) is 5.56 Å². The smallest absolute Gasteiger partial charge is 0.340 e. The quantitative estimate of drug-likeness (QED) is 0.499. The molecular weight excluding hydrogens is 312 g/mol. The molecule has 0 fully saturated rings. The van der Waals surface area contributed by atoms with E-state index in [1.54, 1.807) is 30.3 Å². The molecule has 0 aliphatic heterocycles. The summed E-state index contributed by atoms with van der Waals surface area (Å²) in [5.74, 6) is -0.671. The van der Waals surface area contributed by atoms with Crippen LogP contribution in [0, 0.1) is 0 Å². The molecule has 0 saturated carbocycles. The Kier molecular flexibility index (Phi) is 4.41. The molecule has 126 valence electrons. The molecule has 0 unspecified atom stereocenters. The van der Waals surface area contributed by atoms with Crippen LogP contribution < -0.4 is 0 Å². The molecule has 0 atom stereocenters. The van der Waals surface area contributed by atoms with Gasteiger partial charge in [0.15, 0.2) is 5.78 Å². The topological polar surface area (TPSA) is 43.4 Å². The zero-order valence-corrected chi connectivity index (χ0v) is 14.6. The van der Waals surface area contributed by atoms with Gasteiger partial charge in [0.1, 0.15) is 5.60 Å². The summed E-state index contributed by atoms with van der Waals surface area (Å²) in [4.78, 5) is 25.8. The molecular formula is C22H20O3. The third-order valence-corrected chi connectivity index (χ3v) is 3.81. The first-order valence-corrected chi connectivity index (χ1v) is 8.22. The molecule has 3 heteroatoms. The summed E-state index contributed by atoms with van der Waals surface area (Å²) in [5, 5.41) is 1.62. The molecule has 3 nitrogen and oxygen atoms in total. The molecule has 3 aromatic rings. The van der Waals surface area contributed by atoms with Gasteiger partial charge in [-0.1, -0.05) is 60.7 Å². The molecule has 0 aliphatic rings. The summed E-state index contributed by atoms with van der Waals surface area (Å²) in [7, 11) is 0. The molecule has 3 aromatic carbocycles. The van der Waals surface area contributed by atoms with Crippen molar-refractivity contribution in [3.63, 3.8) is 0 Å². The van der Waals surface area contributed by atoms with E-state index in [4.69, 9.17) is 4.74 Å². The third kappa shape index (κ3) is 3.61. The first kappa shape index (κ1) is 16.9. The number of hydrogen-bond donors (Lipinski definition) is 0. The maximum atomic E-state index is 13.0. The summed E-state index contributed by atoms with van der Waals surface area (Å²) in [6, 6.07) is 20.0. The van der Waals surface area contributed by atoms with Crippen LogP contribution in [-0.4, -0.2) is 17.4 Å². The van der Waals surface area contributed by atoms with Crippen LogP contribution >= 0.6 is 0 Å². The SMILES string of the molecule is CC(C)(C)OC(=O)c1c(C(=O)c2ccccc2)ccc2ccccc12. The van der Waals surface area contributed by atoms with E-state index in [9.17, 15) is 9.59 Å². The molecule has 3 rings (SSSR count). The normalized spacial score (nSPS) is 11.3. The van der Waals surface area contributed by atoms with Gasteiger partial charge in [-0.05, 0) is 37.6 Å². The lowest BCUT2D eigenvalue weighted by molar-refractivity contribution is 0.00703. The highest BCUT2D eigenvalue weighted by Gasteiger charge is 2.25. The van der Waals surface area contributed by atoms with Crippen molar-refractivity contribution in [3.05, 3.63) is 83.4 Å². The van der Waals surface area contributed by atoms with E-state index in [2.05, 4.69) is 0 Å². The summed E-state index contributed by atoms with van der Waals surface area (Å²) in [5.41, 5.74) is 0.588. The zero-order chi connectivity index (χ0) is 18.0. The van der Waals surface area contributed by atoms with Crippen LogP contribution in [0.25, 0.3) is 10.8 Å². The fraction of sp³-hybridized carbons (Fsp3) is 0.182. The average molecular weight is 332 g/mol. The second kappa shape index (κ2) is 6.52. The molecule has 0 aliphatic carbocycles. The number of hydrogen-bond acceptors (Lipinski definition) is 3. The van der Waals surface area contributed by atoms with E-state index in [1.807, 2.05) is 57.2 Å². The number of fused-ring (bicyclic) bond motifs is 1. The van der Waals surface area contributed by atoms with E-state index in [-0.39, 0.29) is 5.78 Å². The minimum Gasteiger partial charge on any atom is -0.456 e. The maximum absolute atomic E-state index is 13.0. The maximum Gasteiger partial charge on any atom is 0.340 e. The number of rotatable bonds is 3. The van der Waals surface area contributed by atoms with Crippen molar-refractivity contribution in [1.29, 1.82) is 0 Å². The van der Waals surface area contributed by atoms with Gasteiger partial charge in [-0.15, -0.1) is 0 Å². The van der Waals surface area contributed by atoms with Gasteiger partial charge in [0.25, 0.3) is 0 Å². The summed E-state index contributed by atoms with van der Waals surface area (Å²) in [6.45, 7) is 5.44. The number of carbonyl (C=O) groups is 2. The van der Waals surface area contributed by atoms with Gasteiger partial charge in [0, 0.05) is 11.1 Å². The monoisotopic (exact) mass is 332 g/mol. The number of ether oxygens (including phenoxy) is 1. The van der Waals surface area contributed by atoms with Crippen LogP contribution in [0.3, 0.4) is 0 Å². The van der Waals surface area contributed by atoms with Crippen molar-refractivity contribution in [2.24, 2.45) is 0 Å². The largest absolute Gasteiger partial charge is 0.456 e. The lowest BCUT2D eigenvalue weighted by Gasteiger charge is -2.21. The van der Waals surface area contributed by atoms with Crippen LogP contribution in [0.4, 0.5) is 0 Å². The first-order valence-electron chi connectivity index (χ1n) is 8.22. The third-order valence-electron chi connectivity index (χ3n) is 3.81. The van der Waals surface area contributed by atoms with Crippen molar-refractivity contribution >= 4 is 22.5 Å². The highest BCUT2D eigenvalue weighted by atomic mass is 16.6. The van der Waals surface area contributed by atoms with Crippen molar-refractivity contribution in [3.8, 4) is 0 Å². The predicted octanol–water partition coefficient (Wildman–Crippen LogP) is 5.03. The van der Waals surface area contributed by atoms with E-state index in [1.165, 1.54) is 0 Å². The number of benzene rings is 3. The molecule has 0 amide bonds. The molecule has 0 N–H and O–H groups in total. The van der Waals surface area contributed by atoms with Crippen LogP contribution in [0.15, 0.2) is 66.7 Å². The fourth-order valence-electron chi connectivity index (χ4n) is 2.75. The number of ketones is 1. The predicted molar refractivity (Wildman–Crippen MR) is 99.0 cm³/mol. The molecule has 0 radical (unpaired) electrons. The minimum absolute atomic E-state index is 0.188. The Hall–Kier alpha value is -2.94. The van der Waals surface area contributed by atoms with Crippen LogP contribution in [-0.2, 0) is 4.74 Å². The summed E-state index contributed by atoms with van der Waals surface area (Å²) >= 11 is 0. The second-order valence-electron chi connectivity index (χ2n) is 6.91. The number of esters is 1. The van der Waals surface area contributed by atoms with Crippen LogP contribution in [0.1, 0.15) is 47.1 Å². The van der Waals surface area contributed by atoms with E-state index in [0.717, 1.165) is 10.8 Å². The Labute approximate surface area is 147 Å². The Morgan fingerprint density at radius 3 is 2.12 bits per heavy atom. The van der Waals surface area contributed by atoms with Gasteiger partial charge in [-0.2, -0.15) is 0 Å². The number of carbonyl (C=O) groups excluding carboxylic acids is 2. The fourth-order valence-corrected chi connectivity index (χ4v) is 2.75. The van der Waals surface area contributed by atoms with Crippen molar-refractivity contribution in [2.75, 3.05) is 0 Å². The van der Waals surface area contributed by atoms with Crippen molar-refractivity contribution < 1.29 is 14.3 Å². The molecule has 0 spiro atoms. The molecule has 0 aromatic heterocycles. The van der Waals surface area contributed by atoms with Crippen molar-refractivity contribution in [2.45, 2.75) is 26.4 Å². The second-order valence-corrected chi connectivity index (χ2v) is 6.91. The lowest BCUT2D eigenvalue weighted by Crippen LogP contribution is -2.25. The Morgan fingerprint density at radius 1 is 0.800 bits per heavy atom. The minimum atomic E-state index is -0.638. The first-order chi connectivity index (χ1) is 11.9. The van der Waals surface area contributed by atoms with Gasteiger partial charge in [-0.3, -0.25) is 4.79 Å². The summed E-state index contributed by atoms with van der Waals surface area (Å²) < 4.78 is 5.57. The van der Waals surface area contributed by atoms with Gasteiger partial charge in [-0.25, -0.2) is 4.79 Å². The highest BCUT2D eigenvalue weighted by Crippen LogP contribution is 2.27. The van der Waals surface area contributed by atoms with Gasteiger partial charge >= 0.3 is 5.97 Å². The zero-order valence-electron chi connectivity index (χ0n) is 14.6. The standard InChI is InChI=1S/C22H20O3/c1-22(2,3)25-21(24)19-17-12-8-7-9-15(17)13-14-18(19)20(23)16-10-5-4-6-11-16/h4-14H,1-3H3. The average Bonchev–Trinajstić information content (AvgIpc) is 2.59. The van der Waals surface area contributed by atoms with E-state index >= 15 is 0 Å². The van der Waals surface area contributed by atoms with Gasteiger partial charge in [0.2, 0.25) is 0 Å². The van der Waals surface area contributed by atoms with Crippen LogP contribution in [0.2, 0.25) is 0 Å². The molecule has 0 saturated heterocycles. The van der Waals surface area contributed by atoms with Crippen molar-refractivity contribution in [1.82, 2.24) is 0 Å². The molecule has 25 heavy (non-hydrogen) atoms. The molecule has 0 bridgehead atoms. The molecule has 0 heterocycles.